The maximum atomic E-state index is 13.4. The van der Waals surface area contributed by atoms with Crippen LogP contribution in [-0.2, 0) is 6.54 Å². The van der Waals surface area contributed by atoms with Crippen molar-refractivity contribution in [3.63, 3.8) is 0 Å². The van der Waals surface area contributed by atoms with Crippen molar-refractivity contribution in [3.05, 3.63) is 28.6 Å². The lowest BCUT2D eigenvalue weighted by Gasteiger charge is -2.19. The van der Waals surface area contributed by atoms with E-state index in [1.165, 1.54) is 12.8 Å². The first kappa shape index (κ1) is 23.1. The van der Waals surface area contributed by atoms with Crippen LogP contribution in [0.5, 0.6) is 17.2 Å². The lowest BCUT2D eigenvalue weighted by Crippen LogP contribution is -2.24. The van der Waals surface area contributed by atoms with Crippen LogP contribution in [0.1, 0.15) is 72.1 Å². The van der Waals surface area contributed by atoms with E-state index in [1.807, 2.05) is 22.8 Å². The van der Waals surface area contributed by atoms with Crippen LogP contribution in [0.25, 0.3) is 10.9 Å². The van der Waals surface area contributed by atoms with E-state index in [0.29, 0.717) is 31.3 Å². The summed E-state index contributed by atoms with van der Waals surface area (Å²) in [4.78, 5) is 13.4. The number of benzene rings is 1. The topological polar surface area (TPSA) is 49.7 Å². The number of rotatable bonds is 14. The third-order valence-electron chi connectivity index (χ3n) is 5.11. The molecule has 2 rings (SSSR count). The number of methoxy groups -OCH3 is 1. The van der Waals surface area contributed by atoms with Crippen LogP contribution < -0.4 is 19.8 Å². The molecular formula is C24H37NO4. The van der Waals surface area contributed by atoms with Crippen LogP contribution in [0.2, 0.25) is 0 Å². The third-order valence-corrected chi connectivity index (χ3v) is 5.11. The summed E-state index contributed by atoms with van der Waals surface area (Å²) in [6, 6.07) is 5.81. The molecule has 0 aliphatic rings. The summed E-state index contributed by atoms with van der Waals surface area (Å²) in [6.45, 7) is 8.19. The standard InChI is InChI=1S/C24H37NO4/c1-5-8-11-12-17-28-22-20-14-13-19(27-4)18-21(20)25(15-9-6-2)24(26)23(22)29-16-10-7-3/h13-14,18H,5-12,15-17H2,1-4H3. The van der Waals surface area contributed by atoms with E-state index >= 15 is 0 Å². The number of aryl methyl sites for hydroxylation is 1. The molecule has 0 aliphatic carbocycles. The number of pyridine rings is 1. The van der Waals surface area contributed by atoms with E-state index in [2.05, 4.69) is 20.8 Å². The Morgan fingerprint density at radius 3 is 2.21 bits per heavy atom. The van der Waals surface area contributed by atoms with Gasteiger partial charge in [0, 0.05) is 18.0 Å². The summed E-state index contributed by atoms with van der Waals surface area (Å²) in [6.07, 6.45) is 8.34. The van der Waals surface area contributed by atoms with Crippen molar-refractivity contribution < 1.29 is 14.2 Å². The van der Waals surface area contributed by atoms with Gasteiger partial charge in [0.25, 0.3) is 5.56 Å². The van der Waals surface area contributed by atoms with Crippen LogP contribution in [0.15, 0.2) is 23.0 Å². The van der Waals surface area contributed by atoms with Gasteiger partial charge in [0.2, 0.25) is 5.75 Å². The molecule has 0 atom stereocenters. The lowest BCUT2D eigenvalue weighted by molar-refractivity contribution is 0.258. The number of fused-ring (bicyclic) bond motifs is 1. The molecule has 0 bridgehead atoms. The van der Waals surface area contributed by atoms with Crippen LogP contribution in [0.4, 0.5) is 0 Å². The van der Waals surface area contributed by atoms with Gasteiger partial charge in [0.15, 0.2) is 5.75 Å². The maximum absolute atomic E-state index is 13.4. The summed E-state index contributed by atoms with van der Waals surface area (Å²) in [7, 11) is 1.64. The van der Waals surface area contributed by atoms with Gasteiger partial charge in [0.1, 0.15) is 5.75 Å². The number of hydrogen-bond acceptors (Lipinski definition) is 4. The fraction of sp³-hybridized carbons (Fsp3) is 0.625. The molecule has 1 aromatic carbocycles. The quantitative estimate of drug-likeness (QED) is 0.366. The molecule has 5 heteroatoms. The highest BCUT2D eigenvalue weighted by Crippen LogP contribution is 2.35. The Kier molecular flexibility index (Phi) is 9.89. The predicted molar refractivity (Wildman–Crippen MR) is 120 cm³/mol. The summed E-state index contributed by atoms with van der Waals surface area (Å²) in [5, 5.41) is 0.906. The number of unbranched alkanes of at least 4 members (excludes halogenated alkanes) is 5. The molecule has 29 heavy (non-hydrogen) atoms. The van der Waals surface area contributed by atoms with Gasteiger partial charge in [-0.05, 0) is 31.4 Å². The Morgan fingerprint density at radius 2 is 1.52 bits per heavy atom. The summed E-state index contributed by atoms with van der Waals surface area (Å²) in [5.41, 5.74) is 0.730. The second-order valence-electron chi connectivity index (χ2n) is 7.46. The number of ether oxygens (including phenoxy) is 3. The molecule has 0 saturated carbocycles. The number of nitrogens with zero attached hydrogens (tertiary/aromatic N) is 1. The fourth-order valence-corrected chi connectivity index (χ4v) is 3.34. The predicted octanol–water partition coefficient (Wildman–Crippen LogP) is 5.95. The summed E-state index contributed by atoms with van der Waals surface area (Å²) >= 11 is 0. The SMILES string of the molecule is CCCCCCOc1c(OCCCC)c(=O)n(CCCC)c2cc(OC)ccc12. The largest absolute Gasteiger partial charge is 0.497 e. The molecule has 0 radical (unpaired) electrons. The number of aromatic nitrogens is 1. The van der Waals surface area contributed by atoms with Crippen molar-refractivity contribution in [2.75, 3.05) is 20.3 Å². The van der Waals surface area contributed by atoms with E-state index in [4.69, 9.17) is 14.2 Å². The first-order valence-corrected chi connectivity index (χ1v) is 11.2. The number of hydrogen-bond donors (Lipinski definition) is 0. The monoisotopic (exact) mass is 403 g/mol. The van der Waals surface area contributed by atoms with E-state index in [9.17, 15) is 4.79 Å². The van der Waals surface area contributed by atoms with Gasteiger partial charge < -0.3 is 18.8 Å². The molecule has 0 fully saturated rings. The van der Waals surface area contributed by atoms with Crippen molar-refractivity contribution in [2.45, 2.75) is 78.7 Å². The van der Waals surface area contributed by atoms with E-state index < -0.39 is 0 Å². The molecule has 2 aromatic rings. The first-order valence-electron chi connectivity index (χ1n) is 11.2. The van der Waals surface area contributed by atoms with Crippen LogP contribution >= 0.6 is 0 Å². The highest BCUT2D eigenvalue weighted by molar-refractivity contribution is 5.89. The van der Waals surface area contributed by atoms with Gasteiger partial charge in [-0.25, -0.2) is 0 Å². The van der Waals surface area contributed by atoms with E-state index in [1.54, 1.807) is 7.11 Å². The Labute approximate surface area is 175 Å². The molecule has 0 saturated heterocycles. The van der Waals surface area contributed by atoms with Gasteiger partial charge in [-0.2, -0.15) is 0 Å². The molecule has 1 heterocycles. The van der Waals surface area contributed by atoms with Gasteiger partial charge in [-0.15, -0.1) is 0 Å². The minimum atomic E-state index is -0.112. The molecule has 1 aromatic heterocycles. The molecule has 162 valence electrons. The lowest BCUT2D eigenvalue weighted by atomic mass is 10.1. The first-order chi connectivity index (χ1) is 14.2. The van der Waals surface area contributed by atoms with Crippen molar-refractivity contribution in [1.29, 1.82) is 0 Å². The normalized spacial score (nSPS) is 11.0. The highest BCUT2D eigenvalue weighted by atomic mass is 16.5. The summed E-state index contributed by atoms with van der Waals surface area (Å²) < 4.78 is 19.4. The molecule has 0 unspecified atom stereocenters. The van der Waals surface area contributed by atoms with E-state index in [0.717, 1.165) is 55.2 Å². The smallest absolute Gasteiger partial charge is 0.297 e. The zero-order valence-corrected chi connectivity index (χ0v) is 18.6. The van der Waals surface area contributed by atoms with Crippen molar-refractivity contribution >= 4 is 10.9 Å². The average Bonchev–Trinajstić information content (AvgIpc) is 2.74. The van der Waals surface area contributed by atoms with Crippen molar-refractivity contribution in [3.8, 4) is 17.2 Å². The molecule has 0 aliphatic heterocycles. The van der Waals surface area contributed by atoms with Gasteiger partial charge in [-0.3, -0.25) is 4.79 Å². The minimum absolute atomic E-state index is 0.112. The summed E-state index contributed by atoms with van der Waals surface area (Å²) in [5.74, 6) is 1.66. The Balaban J connectivity index is 2.51. The minimum Gasteiger partial charge on any atom is -0.497 e. The maximum Gasteiger partial charge on any atom is 0.297 e. The second-order valence-corrected chi connectivity index (χ2v) is 7.46. The second kappa shape index (κ2) is 12.4. The van der Waals surface area contributed by atoms with E-state index in [-0.39, 0.29) is 5.56 Å². The Morgan fingerprint density at radius 1 is 0.828 bits per heavy atom. The highest BCUT2D eigenvalue weighted by Gasteiger charge is 2.20. The fourth-order valence-electron chi connectivity index (χ4n) is 3.34. The molecular weight excluding hydrogens is 366 g/mol. The zero-order valence-electron chi connectivity index (χ0n) is 18.6. The van der Waals surface area contributed by atoms with Crippen LogP contribution in [0, 0.1) is 0 Å². The zero-order chi connectivity index (χ0) is 21.1. The third kappa shape index (κ3) is 6.15. The Bertz CT molecular complexity index is 813. The van der Waals surface area contributed by atoms with Gasteiger partial charge in [-0.1, -0.05) is 52.9 Å². The van der Waals surface area contributed by atoms with Crippen LogP contribution in [-0.4, -0.2) is 24.9 Å². The molecule has 5 nitrogen and oxygen atoms in total. The molecule has 0 N–H and O–H groups in total. The van der Waals surface area contributed by atoms with Crippen molar-refractivity contribution in [1.82, 2.24) is 4.57 Å². The Hall–Kier alpha value is -2.17. The van der Waals surface area contributed by atoms with Crippen molar-refractivity contribution in [2.24, 2.45) is 0 Å². The van der Waals surface area contributed by atoms with Gasteiger partial charge >= 0.3 is 0 Å². The molecule has 0 amide bonds. The average molecular weight is 404 g/mol. The van der Waals surface area contributed by atoms with Crippen LogP contribution in [0.3, 0.4) is 0 Å². The van der Waals surface area contributed by atoms with Gasteiger partial charge in [0.05, 0.1) is 25.8 Å². The molecule has 0 spiro atoms.